The molecule has 4 N–H and O–H groups in total. The molecule has 0 unspecified atom stereocenters. The Morgan fingerprint density at radius 2 is 0.511 bits per heavy atom. The van der Waals surface area contributed by atoms with Crippen molar-refractivity contribution < 1.29 is 20.4 Å². The van der Waals surface area contributed by atoms with Crippen molar-refractivity contribution in [3.8, 4) is 23.0 Å². The fourth-order valence-electron chi connectivity index (χ4n) is 13.8. The molecule has 0 heterocycles. The zero-order chi connectivity index (χ0) is 64.0. The van der Waals surface area contributed by atoms with Crippen molar-refractivity contribution in [1.82, 2.24) is 0 Å². The van der Waals surface area contributed by atoms with Crippen LogP contribution in [0, 0.1) is 13.8 Å². The van der Waals surface area contributed by atoms with Crippen molar-refractivity contribution in [2.45, 2.75) is 116 Å². The van der Waals surface area contributed by atoms with E-state index in [4.69, 9.17) is 0 Å². The zero-order valence-corrected chi connectivity index (χ0v) is 54.2. The molecule has 12 rings (SSSR count). The van der Waals surface area contributed by atoms with E-state index in [1.54, 1.807) is 24.3 Å². The van der Waals surface area contributed by atoms with Gasteiger partial charge in [0.1, 0.15) is 23.0 Å². The summed E-state index contributed by atoms with van der Waals surface area (Å²) in [6.07, 6.45) is 0. The topological polar surface area (TPSA) is 80.9 Å². The van der Waals surface area contributed by atoms with E-state index in [-0.39, 0.29) is 33.2 Å². The molecule has 4 nitrogen and oxygen atoms in total. The summed E-state index contributed by atoms with van der Waals surface area (Å²) < 4.78 is 0. The van der Waals surface area contributed by atoms with E-state index in [1.165, 1.54) is 43.8 Å². The van der Waals surface area contributed by atoms with E-state index >= 15 is 0 Å². The highest BCUT2D eigenvalue weighted by Gasteiger charge is 2.40. The fourth-order valence-corrected chi connectivity index (χ4v) is 13.8. The molecule has 0 aliphatic carbocycles. The summed E-state index contributed by atoms with van der Waals surface area (Å²) in [6.45, 7) is 26.5. The molecular formula is C86H84O4. The molecule has 0 aliphatic heterocycles. The lowest BCUT2D eigenvalue weighted by molar-refractivity contribution is 0.451. The maximum absolute atomic E-state index is 12.1. The molecule has 12 aromatic rings. The normalized spacial score (nSPS) is 12.4. The Kier molecular flexibility index (Phi) is 16.6. The van der Waals surface area contributed by atoms with Gasteiger partial charge in [-0.3, -0.25) is 0 Å². The third-order valence-corrected chi connectivity index (χ3v) is 20.3. The summed E-state index contributed by atoms with van der Waals surface area (Å²) >= 11 is 0. The van der Waals surface area contributed by atoms with E-state index in [0.29, 0.717) is 11.5 Å². The second-order valence-electron chi connectivity index (χ2n) is 27.2. The van der Waals surface area contributed by atoms with Gasteiger partial charge in [0, 0.05) is 43.6 Å². The molecule has 0 fully saturated rings. The van der Waals surface area contributed by atoms with E-state index in [0.717, 1.165) is 66.8 Å². The maximum Gasteiger partial charge on any atom is 0.122 e. The molecule has 0 aromatic heterocycles. The van der Waals surface area contributed by atoms with E-state index in [2.05, 4.69) is 275 Å². The predicted octanol–water partition coefficient (Wildman–Crippen LogP) is 21.1. The van der Waals surface area contributed by atoms with Crippen molar-refractivity contribution in [1.29, 1.82) is 0 Å². The summed E-state index contributed by atoms with van der Waals surface area (Å²) in [5, 5.41) is 48.2. The van der Waals surface area contributed by atoms with Gasteiger partial charge in [0.2, 0.25) is 0 Å². The Morgan fingerprint density at radius 3 is 0.878 bits per heavy atom. The van der Waals surface area contributed by atoms with Crippen LogP contribution in [0.15, 0.2) is 267 Å². The summed E-state index contributed by atoms with van der Waals surface area (Å²) in [5.41, 5.74) is 15.0. The lowest BCUT2D eigenvalue weighted by Crippen LogP contribution is -2.28. The van der Waals surface area contributed by atoms with Crippen molar-refractivity contribution in [2.24, 2.45) is 0 Å². The second kappa shape index (κ2) is 24.0. The zero-order valence-electron chi connectivity index (χ0n) is 54.2. The van der Waals surface area contributed by atoms with E-state index in [1.807, 2.05) is 50.2 Å². The van der Waals surface area contributed by atoms with Gasteiger partial charge < -0.3 is 20.4 Å². The number of aryl methyl sites for hydroxylation is 2. The third kappa shape index (κ3) is 11.2. The van der Waals surface area contributed by atoms with Gasteiger partial charge >= 0.3 is 0 Å². The Morgan fingerprint density at radius 1 is 0.222 bits per heavy atom. The minimum atomic E-state index is -0.689. The van der Waals surface area contributed by atoms with Crippen LogP contribution >= 0.6 is 0 Å². The van der Waals surface area contributed by atoms with Gasteiger partial charge in [0.25, 0.3) is 0 Å². The van der Waals surface area contributed by atoms with Crippen molar-refractivity contribution >= 4 is 21.5 Å². The van der Waals surface area contributed by atoms with Crippen LogP contribution in [0.3, 0.4) is 0 Å². The number of phenolic OH excluding ortho intramolecular Hbond substituents is 4. The fraction of sp³-hybridized carbons (Fsp3) is 0.209. The Balaban J connectivity index is 0.000000188. The van der Waals surface area contributed by atoms with Gasteiger partial charge in [-0.1, -0.05) is 286 Å². The molecular weight excluding hydrogens is 1100 g/mol. The quantitative estimate of drug-likeness (QED) is 0.0818. The predicted molar refractivity (Wildman–Crippen MR) is 375 cm³/mol. The van der Waals surface area contributed by atoms with E-state index in [9.17, 15) is 20.4 Å². The first kappa shape index (κ1) is 62.0. The molecule has 12 aromatic carbocycles. The standard InChI is InChI=1S/C47H44O2.C39H40O2/c1-31-28-37(46(4,5)36-19-13-18-35(29-36)45(2,3)34-24-26-38(48)27-25-34)30-43(44(31)49)47(6,41-22-11-16-32-14-7-9-20-39(32)41)42-23-12-17-33-15-8-10-21-40(33)42;1-27-24-33(26-35(36(27)41)39(6,29-14-9-7-10-15-29)30-16-11-8-12-17-30)38(4,5)32-19-13-18-31(25-32)37(2,3)28-20-22-34(40)23-21-28/h7-30,48-49H,1-6H3;7-26,40-41H,1-6H3. The van der Waals surface area contributed by atoms with Crippen LogP contribution in [-0.2, 0) is 32.5 Å². The van der Waals surface area contributed by atoms with Crippen molar-refractivity contribution in [3.05, 3.63) is 356 Å². The molecule has 0 spiro atoms. The van der Waals surface area contributed by atoms with Crippen LogP contribution in [0.5, 0.6) is 23.0 Å². The Bertz CT molecular complexity index is 4420. The minimum absolute atomic E-state index is 0.241. The second-order valence-corrected chi connectivity index (χ2v) is 27.2. The van der Waals surface area contributed by atoms with Gasteiger partial charge in [-0.15, -0.1) is 0 Å². The lowest BCUT2D eigenvalue weighted by Gasteiger charge is -2.37. The monoisotopic (exact) mass is 1180 g/mol. The Labute approximate surface area is 533 Å². The van der Waals surface area contributed by atoms with Gasteiger partial charge in [0.05, 0.1) is 0 Å². The molecule has 90 heavy (non-hydrogen) atoms. The average Bonchev–Trinajstić information content (AvgIpc) is 0.740. The molecule has 0 amide bonds. The number of phenols is 4. The number of benzene rings is 12. The molecule has 0 bridgehead atoms. The highest BCUT2D eigenvalue weighted by Crippen LogP contribution is 2.51. The number of fused-ring (bicyclic) bond motifs is 2. The first-order chi connectivity index (χ1) is 42.9. The largest absolute Gasteiger partial charge is 0.508 e. The first-order valence-electron chi connectivity index (χ1n) is 31.5. The van der Waals surface area contributed by atoms with Gasteiger partial charge in [0.15, 0.2) is 0 Å². The number of aromatic hydroxyl groups is 4. The lowest BCUT2D eigenvalue weighted by atomic mass is 9.66. The highest BCUT2D eigenvalue weighted by atomic mass is 16.3. The smallest absolute Gasteiger partial charge is 0.122 e. The molecule has 0 aliphatic rings. The summed E-state index contributed by atoms with van der Waals surface area (Å²) in [5.74, 6) is 1.20. The first-order valence-corrected chi connectivity index (χ1v) is 31.5. The molecule has 0 saturated heterocycles. The maximum atomic E-state index is 12.1. The van der Waals surface area contributed by atoms with Gasteiger partial charge in [-0.2, -0.15) is 0 Å². The van der Waals surface area contributed by atoms with Crippen LogP contribution < -0.4 is 0 Å². The number of hydrogen-bond acceptors (Lipinski definition) is 4. The van der Waals surface area contributed by atoms with Crippen LogP contribution in [0.1, 0.15) is 158 Å². The Hall–Kier alpha value is -9.64. The minimum Gasteiger partial charge on any atom is -0.508 e. The van der Waals surface area contributed by atoms with E-state index < -0.39 is 10.8 Å². The molecule has 452 valence electrons. The third-order valence-electron chi connectivity index (χ3n) is 20.3. The molecule has 0 atom stereocenters. The molecule has 4 heteroatoms. The van der Waals surface area contributed by atoms with Crippen LogP contribution in [0.2, 0.25) is 0 Å². The van der Waals surface area contributed by atoms with Crippen LogP contribution in [0.25, 0.3) is 21.5 Å². The van der Waals surface area contributed by atoms with Crippen LogP contribution in [0.4, 0.5) is 0 Å². The van der Waals surface area contributed by atoms with Gasteiger partial charge in [-0.05, 0) is 164 Å². The van der Waals surface area contributed by atoms with Crippen molar-refractivity contribution in [3.63, 3.8) is 0 Å². The number of hydrogen-bond donors (Lipinski definition) is 4. The SMILES string of the molecule is Cc1cc(C(C)(C)c2cccc(C(C)(C)c3ccc(O)cc3)c2)cc(C(C)(c2cccc3ccccc23)c2cccc3ccccc23)c1O.Cc1cc(C(C)(C)c2cccc(C(C)(C)c3ccc(O)cc3)c2)cc(C(C)(c2ccccc2)c2ccccc2)c1O. The van der Waals surface area contributed by atoms with Gasteiger partial charge in [-0.25, -0.2) is 0 Å². The summed E-state index contributed by atoms with van der Waals surface area (Å²) in [6, 6.07) is 92.6. The molecule has 0 saturated carbocycles. The number of rotatable bonds is 14. The highest BCUT2D eigenvalue weighted by molar-refractivity contribution is 5.92. The summed E-state index contributed by atoms with van der Waals surface area (Å²) in [7, 11) is 0. The summed E-state index contributed by atoms with van der Waals surface area (Å²) in [4.78, 5) is 0. The van der Waals surface area contributed by atoms with Crippen LogP contribution in [-0.4, -0.2) is 20.4 Å². The average molecular weight is 1180 g/mol. The van der Waals surface area contributed by atoms with Crippen molar-refractivity contribution in [2.75, 3.05) is 0 Å². The molecule has 0 radical (unpaired) electrons.